The van der Waals surface area contributed by atoms with Crippen molar-refractivity contribution in [1.29, 1.82) is 0 Å². The van der Waals surface area contributed by atoms with E-state index in [2.05, 4.69) is 10.2 Å². The van der Waals surface area contributed by atoms with Gasteiger partial charge in [0, 0.05) is 0 Å². The zero-order chi connectivity index (χ0) is 7.78. The van der Waals surface area contributed by atoms with Crippen molar-refractivity contribution in [2.75, 3.05) is 0 Å². The molecule has 11 heavy (non-hydrogen) atoms. The Morgan fingerprint density at radius 1 is 1.45 bits per heavy atom. The van der Waals surface area contributed by atoms with Gasteiger partial charge in [-0.3, -0.25) is 4.79 Å². The van der Waals surface area contributed by atoms with E-state index < -0.39 is 20.9 Å². The molecule has 0 radical (unpaired) electrons. The maximum Gasteiger partial charge on any atom is 1.00 e. The SMILES string of the molecule is O=C1N=NC=C1S(=O)(=O)[O-].[Na+]. The number of carbonyl (C=O) groups is 1. The summed E-state index contributed by atoms with van der Waals surface area (Å²) in [6.07, 6.45) is 0.630. The molecule has 1 aliphatic heterocycles. The van der Waals surface area contributed by atoms with Gasteiger partial charge in [-0.1, -0.05) is 0 Å². The van der Waals surface area contributed by atoms with Crippen molar-refractivity contribution in [3.05, 3.63) is 11.1 Å². The Balaban J connectivity index is 0.000001000. The van der Waals surface area contributed by atoms with Gasteiger partial charge < -0.3 is 4.55 Å². The van der Waals surface area contributed by atoms with Crippen molar-refractivity contribution < 1.29 is 47.3 Å². The average Bonchev–Trinajstić information content (AvgIpc) is 2.11. The molecular weight excluding hydrogens is 183 g/mol. The molecule has 0 atom stereocenters. The Hall–Kier alpha value is -0.0800. The van der Waals surface area contributed by atoms with Crippen LogP contribution in [0.2, 0.25) is 0 Å². The second-order valence-electron chi connectivity index (χ2n) is 1.47. The monoisotopic (exact) mass is 184 g/mol. The van der Waals surface area contributed by atoms with Crippen molar-refractivity contribution >= 4 is 16.0 Å². The molecule has 0 fully saturated rings. The first-order valence-electron chi connectivity index (χ1n) is 2.13. The standard InChI is InChI=1S/C3H2N2O4S.Na/c6-3-2(1-4-5-3)10(7,8)9;/h1H,(H,7,8,9);/q;+1/p-1. The Kier molecular flexibility index (Phi) is 3.52. The molecule has 0 aliphatic carbocycles. The van der Waals surface area contributed by atoms with Crippen LogP contribution in [0.15, 0.2) is 21.3 Å². The molecular formula is C3HN2NaO4S. The van der Waals surface area contributed by atoms with E-state index in [4.69, 9.17) is 0 Å². The largest absolute Gasteiger partial charge is 1.00 e. The van der Waals surface area contributed by atoms with Crippen LogP contribution in [0.3, 0.4) is 0 Å². The van der Waals surface area contributed by atoms with E-state index in [1.807, 2.05) is 0 Å². The van der Waals surface area contributed by atoms with E-state index in [0.29, 0.717) is 6.20 Å². The number of hydrogen-bond acceptors (Lipinski definition) is 5. The number of carbonyl (C=O) groups excluding carboxylic acids is 1. The van der Waals surface area contributed by atoms with Crippen LogP contribution in [-0.2, 0) is 14.9 Å². The maximum absolute atomic E-state index is 10.3. The molecule has 1 rings (SSSR count). The Morgan fingerprint density at radius 3 is 2.18 bits per heavy atom. The first-order valence-corrected chi connectivity index (χ1v) is 3.54. The van der Waals surface area contributed by atoms with Crippen LogP contribution in [0.5, 0.6) is 0 Å². The minimum absolute atomic E-state index is 0. The molecule has 54 valence electrons. The number of rotatable bonds is 1. The molecule has 0 saturated carbocycles. The summed E-state index contributed by atoms with van der Waals surface area (Å²) in [5.74, 6) is -1.10. The van der Waals surface area contributed by atoms with Crippen molar-refractivity contribution in [3.63, 3.8) is 0 Å². The van der Waals surface area contributed by atoms with Gasteiger partial charge in [-0.05, 0) is 0 Å². The number of azo groups is 1. The van der Waals surface area contributed by atoms with Gasteiger partial charge in [-0.25, -0.2) is 8.42 Å². The summed E-state index contributed by atoms with van der Waals surface area (Å²) < 4.78 is 30.2. The summed E-state index contributed by atoms with van der Waals surface area (Å²) >= 11 is 0. The second-order valence-corrected chi connectivity index (χ2v) is 2.82. The quantitative estimate of drug-likeness (QED) is 0.310. The van der Waals surface area contributed by atoms with Crippen molar-refractivity contribution in [2.45, 2.75) is 0 Å². The molecule has 0 saturated heterocycles. The molecule has 0 unspecified atom stereocenters. The minimum Gasteiger partial charge on any atom is -0.744 e. The van der Waals surface area contributed by atoms with Crippen LogP contribution < -0.4 is 29.6 Å². The van der Waals surface area contributed by atoms with Gasteiger partial charge in [0.15, 0.2) is 0 Å². The van der Waals surface area contributed by atoms with Crippen LogP contribution in [0.4, 0.5) is 0 Å². The molecule has 0 bridgehead atoms. The van der Waals surface area contributed by atoms with Crippen LogP contribution in [-0.4, -0.2) is 18.9 Å². The molecule has 1 aliphatic rings. The Morgan fingerprint density at radius 2 is 2.00 bits per heavy atom. The van der Waals surface area contributed by atoms with E-state index in [9.17, 15) is 17.8 Å². The van der Waals surface area contributed by atoms with Gasteiger partial charge in [0.05, 0.1) is 6.20 Å². The minimum atomic E-state index is -4.68. The van der Waals surface area contributed by atoms with Crippen LogP contribution >= 0.6 is 0 Å². The molecule has 0 aromatic carbocycles. The van der Waals surface area contributed by atoms with Gasteiger partial charge in [-0.15, -0.1) is 5.11 Å². The average molecular weight is 184 g/mol. The van der Waals surface area contributed by atoms with Crippen LogP contribution in [0, 0.1) is 0 Å². The summed E-state index contributed by atoms with van der Waals surface area (Å²) in [7, 11) is -4.68. The smallest absolute Gasteiger partial charge is 0.744 e. The fraction of sp³-hybridized carbons (Fsp3) is 0. The van der Waals surface area contributed by atoms with Gasteiger partial charge >= 0.3 is 35.5 Å². The molecule has 1 amide bonds. The number of amides is 1. The fourth-order valence-electron chi connectivity index (χ4n) is 0.410. The molecule has 0 spiro atoms. The van der Waals surface area contributed by atoms with E-state index in [1.54, 1.807) is 0 Å². The van der Waals surface area contributed by atoms with Crippen molar-refractivity contribution in [1.82, 2.24) is 0 Å². The number of hydrogen-bond donors (Lipinski definition) is 0. The van der Waals surface area contributed by atoms with Gasteiger partial charge in [0.1, 0.15) is 15.0 Å². The Bertz CT molecular complexity index is 329. The van der Waals surface area contributed by atoms with Gasteiger partial charge in [0.2, 0.25) is 0 Å². The molecule has 0 aromatic rings. The predicted octanol–water partition coefficient (Wildman–Crippen LogP) is -3.63. The van der Waals surface area contributed by atoms with Crippen molar-refractivity contribution in [2.24, 2.45) is 10.2 Å². The third-order valence-corrected chi connectivity index (χ3v) is 1.62. The summed E-state index contributed by atoms with van der Waals surface area (Å²) in [5, 5.41) is 5.74. The van der Waals surface area contributed by atoms with E-state index in [0.717, 1.165) is 0 Å². The third kappa shape index (κ3) is 2.46. The first kappa shape index (κ1) is 10.9. The molecule has 8 heteroatoms. The van der Waals surface area contributed by atoms with Crippen LogP contribution in [0.1, 0.15) is 0 Å². The normalized spacial score (nSPS) is 16.1. The topological polar surface area (TPSA) is 99.0 Å². The predicted molar refractivity (Wildman–Crippen MR) is 27.6 cm³/mol. The van der Waals surface area contributed by atoms with E-state index >= 15 is 0 Å². The maximum atomic E-state index is 10.3. The summed E-state index contributed by atoms with van der Waals surface area (Å²) in [4.78, 5) is 9.42. The van der Waals surface area contributed by atoms with E-state index in [1.165, 1.54) is 0 Å². The second kappa shape index (κ2) is 3.55. The first-order chi connectivity index (χ1) is 4.52. The number of nitrogens with zero attached hydrogens (tertiary/aromatic N) is 2. The third-order valence-electron chi connectivity index (χ3n) is 0.804. The summed E-state index contributed by atoms with van der Waals surface area (Å²) in [6.45, 7) is 0. The van der Waals surface area contributed by atoms with E-state index in [-0.39, 0.29) is 29.6 Å². The zero-order valence-corrected chi connectivity index (χ0v) is 8.33. The molecule has 1 heterocycles. The Labute approximate surface area is 84.4 Å². The summed E-state index contributed by atoms with van der Waals surface area (Å²) in [5.41, 5.74) is 0. The van der Waals surface area contributed by atoms with Crippen molar-refractivity contribution in [3.8, 4) is 0 Å². The molecule has 0 aromatic heterocycles. The zero-order valence-electron chi connectivity index (χ0n) is 5.51. The fourth-order valence-corrected chi connectivity index (χ4v) is 0.841. The van der Waals surface area contributed by atoms with Crippen LogP contribution in [0.25, 0.3) is 0 Å². The molecule has 0 N–H and O–H groups in total. The van der Waals surface area contributed by atoms with Gasteiger partial charge in [0.25, 0.3) is 0 Å². The molecule has 6 nitrogen and oxygen atoms in total. The van der Waals surface area contributed by atoms with Gasteiger partial charge in [-0.2, -0.15) is 5.11 Å². The summed E-state index contributed by atoms with van der Waals surface area (Å²) in [6, 6.07) is 0.